The number of carbonyl (C=O) groups is 3. The maximum absolute atomic E-state index is 14.2. The van der Waals surface area contributed by atoms with Gasteiger partial charge >= 0.3 is 0 Å². The van der Waals surface area contributed by atoms with Crippen LogP contribution < -0.4 is 10.2 Å². The number of halogens is 1. The Morgan fingerprint density at radius 1 is 0.872 bits per heavy atom. The van der Waals surface area contributed by atoms with Crippen LogP contribution in [0.2, 0.25) is 0 Å². The first kappa shape index (κ1) is 26.6. The fourth-order valence-electron chi connectivity index (χ4n) is 5.08. The molecule has 0 aromatic heterocycles. The summed E-state index contributed by atoms with van der Waals surface area (Å²) >= 11 is 3.47. The van der Waals surface area contributed by atoms with Gasteiger partial charge in [-0.2, -0.15) is 0 Å². The molecule has 6 nitrogen and oxygen atoms in total. The number of hydrogen-bond acceptors (Lipinski definition) is 3. The van der Waals surface area contributed by atoms with E-state index < -0.39 is 6.04 Å². The smallest absolute Gasteiger partial charge is 0.259 e. The highest BCUT2D eigenvalue weighted by Gasteiger charge is 2.35. The second kappa shape index (κ2) is 11.4. The van der Waals surface area contributed by atoms with Gasteiger partial charge in [-0.25, -0.2) is 0 Å². The third kappa shape index (κ3) is 5.73. The van der Waals surface area contributed by atoms with Crippen molar-refractivity contribution in [3.05, 3.63) is 112 Å². The summed E-state index contributed by atoms with van der Waals surface area (Å²) in [5, 5.41) is 4.82. The zero-order valence-corrected chi connectivity index (χ0v) is 23.5. The van der Waals surface area contributed by atoms with Gasteiger partial charge in [0, 0.05) is 34.4 Å². The van der Waals surface area contributed by atoms with Gasteiger partial charge < -0.3 is 10.2 Å². The summed E-state index contributed by atoms with van der Waals surface area (Å²) in [6, 6.07) is 27.9. The fourth-order valence-corrected chi connectivity index (χ4v) is 5.35. The molecule has 0 fully saturated rings. The van der Waals surface area contributed by atoms with Gasteiger partial charge in [-0.05, 0) is 54.6 Å². The first-order valence-corrected chi connectivity index (χ1v) is 13.8. The Hall–Kier alpha value is -3.97. The topological polar surface area (TPSA) is 69.7 Å². The minimum Gasteiger partial charge on any atom is -0.352 e. The standard InChI is InChI=1S/C32H30BrN3O3/c1-21(2)34-31(38)28(18-22-8-4-3-5-9-22)35(19-23-14-16-25(33)17-15-23)29(37)20-36-27-13-7-11-24-10-6-12-26(30(24)27)32(36)39/h3-17,21,28H,18-20H2,1-2H3,(H,34,38)/t28-/m0/s1. The zero-order chi connectivity index (χ0) is 27.5. The molecule has 3 amide bonds. The SMILES string of the molecule is CC(C)NC(=O)[C@H](Cc1ccccc1)N(Cc1ccc(Br)cc1)C(=O)CN1C(=O)c2cccc3cccc1c23. The summed E-state index contributed by atoms with van der Waals surface area (Å²) in [6.07, 6.45) is 0.353. The van der Waals surface area contributed by atoms with E-state index in [0.29, 0.717) is 12.0 Å². The summed E-state index contributed by atoms with van der Waals surface area (Å²) < 4.78 is 0.927. The van der Waals surface area contributed by atoms with Crippen LogP contribution in [0.5, 0.6) is 0 Å². The number of anilines is 1. The van der Waals surface area contributed by atoms with Gasteiger partial charge in [0.15, 0.2) is 0 Å². The number of hydrogen-bond donors (Lipinski definition) is 1. The minimum absolute atomic E-state index is 0.0901. The fraction of sp³-hybridized carbons (Fsp3) is 0.219. The number of rotatable bonds is 9. The highest BCUT2D eigenvalue weighted by atomic mass is 79.9. The number of nitrogens with zero attached hydrogens (tertiary/aromatic N) is 2. The summed E-state index contributed by atoms with van der Waals surface area (Å²) in [4.78, 5) is 44.3. The lowest BCUT2D eigenvalue weighted by atomic mass is 10.0. The van der Waals surface area contributed by atoms with E-state index in [1.807, 2.05) is 98.8 Å². The Morgan fingerprint density at radius 2 is 1.56 bits per heavy atom. The molecule has 1 aliphatic heterocycles. The molecule has 0 saturated carbocycles. The Labute approximate surface area is 236 Å². The third-order valence-electron chi connectivity index (χ3n) is 6.91. The summed E-state index contributed by atoms with van der Waals surface area (Å²) in [5.41, 5.74) is 3.15. The van der Waals surface area contributed by atoms with Crippen LogP contribution in [-0.2, 0) is 22.6 Å². The average molecular weight is 585 g/mol. The van der Waals surface area contributed by atoms with Crippen molar-refractivity contribution in [1.82, 2.24) is 10.2 Å². The maximum atomic E-state index is 14.2. The molecule has 0 radical (unpaired) electrons. The summed E-state index contributed by atoms with van der Waals surface area (Å²) in [7, 11) is 0. The molecule has 7 heteroatoms. The van der Waals surface area contributed by atoms with E-state index in [4.69, 9.17) is 0 Å². The molecule has 4 aromatic rings. The largest absolute Gasteiger partial charge is 0.352 e. The quantitative estimate of drug-likeness (QED) is 0.274. The lowest BCUT2D eigenvalue weighted by Gasteiger charge is -2.33. The molecule has 0 unspecified atom stereocenters. The van der Waals surface area contributed by atoms with Crippen molar-refractivity contribution in [3.63, 3.8) is 0 Å². The van der Waals surface area contributed by atoms with Crippen molar-refractivity contribution in [2.45, 2.75) is 38.9 Å². The van der Waals surface area contributed by atoms with E-state index in [9.17, 15) is 14.4 Å². The van der Waals surface area contributed by atoms with E-state index in [2.05, 4.69) is 21.2 Å². The van der Waals surface area contributed by atoms with Crippen LogP contribution in [0.1, 0.15) is 35.3 Å². The molecule has 1 heterocycles. The first-order valence-electron chi connectivity index (χ1n) is 13.0. The van der Waals surface area contributed by atoms with Crippen LogP contribution in [0.25, 0.3) is 10.8 Å². The minimum atomic E-state index is -0.762. The molecule has 4 aromatic carbocycles. The summed E-state index contributed by atoms with van der Waals surface area (Å²) in [6.45, 7) is 3.87. The third-order valence-corrected chi connectivity index (χ3v) is 7.44. The molecule has 1 aliphatic rings. The lowest BCUT2D eigenvalue weighted by molar-refractivity contribution is -0.140. The van der Waals surface area contributed by atoms with Crippen LogP contribution in [0.15, 0.2) is 95.5 Å². The van der Waals surface area contributed by atoms with Crippen LogP contribution in [0.3, 0.4) is 0 Å². The monoisotopic (exact) mass is 583 g/mol. The molecule has 0 aliphatic carbocycles. The Bertz CT molecular complexity index is 1510. The normalized spacial score (nSPS) is 13.1. The number of carbonyl (C=O) groups excluding carboxylic acids is 3. The number of nitrogens with one attached hydrogen (secondary N) is 1. The molecule has 0 saturated heterocycles. The average Bonchev–Trinajstić information content (AvgIpc) is 3.19. The molecule has 198 valence electrons. The summed E-state index contributed by atoms with van der Waals surface area (Å²) in [5.74, 6) is -0.724. The molecule has 0 bridgehead atoms. The Kier molecular flexibility index (Phi) is 7.79. The molecule has 0 spiro atoms. The van der Waals surface area contributed by atoms with Crippen LogP contribution in [0, 0.1) is 0 Å². The van der Waals surface area contributed by atoms with Crippen molar-refractivity contribution < 1.29 is 14.4 Å². The van der Waals surface area contributed by atoms with E-state index in [-0.39, 0.29) is 36.9 Å². The van der Waals surface area contributed by atoms with E-state index >= 15 is 0 Å². The molecular weight excluding hydrogens is 554 g/mol. The number of amides is 3. The van der Waals surface area contributed by atoms with Crippen molar-refractivity contribution in [1.29, 1.82) is 0 Å². The Balaban J connectivity index is 1.51. The predicted octanol–water partition coefficient (Wildman–Crippen LogP) is 5.73. The van der Waals surface area contributed by atoms with E-state index in [0.717, 1.165) is 32.1 Å². The lowest BCUT2D eigenvalue weighted by Crippen LogP contribution is -2.54. The van der Waals surface area contributed by atoms with Crippen molar-refractivity contribution in [2.75, 3.05) is 11.4 Å². The van der Waals surface area contributed by atoms with E-state index in [1.165, 1.54) is 4.90 Å². The highest BCUT2D eigenvalue weighted by Crippen LogP contribution is 2.37. The van der Waals surface area contributed by atoms with Crippen LogP contribution in [-0.4, -0.2) is 41.2 Å². The zero-order valence-electron chi connectivity index (χ0n) is 21.9. The van der Waals surface area contributed by atoms with Crippen LogP contribution >= 0.6 is 15.9 Å². The van der Waals surface area contributed by atoms with Gasteiger partial charge in [0.25, 0.3) is 5.91 Å². The first-order chi connectivity index (χ1) is 18.8. The second-order valence-electron chi connectivity index (χ2n) is 10.1. The molecule has 1 atom stereocenters. The highest BCUT2D eigenvalue weighted by molar-refractivity contribution is 9.10. The van der Waals surface area contributed by atoms with Gasteiger partial charge in [0.05, 0.1) is 5.69 Å². The molecule has 5 rings (SSSR count). The molecule has 39 heavy (non-hydrogen) atoms. The molecular formula is C32H30BrN3O3. The predicted molar refractivity (Wildman–Crippen MR) is 158 cm³/mol. The van der Waals surface area contributed by atoms with Gasteiger partial charge in [-0.1, -0.05) is 82.7 Å². The van der Waals surface area contributed by atoms with Crippen molar-refractivity contribution in [3.8, 4) is 0 Å². The van der Waals surface area contributed by atoms with Crippen molar-refractivity contribution >= 4 is 50.1 Å². The number of benzene rings is 4. The van der Waals surface area contributed by atoms with Gasteiger partial charge in [-0.15, -0.1) is 0 Å². The van der Waals surface area contributed by atoms with Crippen molar-refractivity contribution in [2.24, 2.45) is 0 Å². The van der Waals surface area contributed by atoms with Gasteiger partial charge in [-0.3, -0.25) is 19.3 Å². The van der Waals surface area contributed by atoms with Gasteiger partial charge in [0.1, 0.15) is 12.6 Å². The van der Waals surface area contributed by atoms with Gasteiger partial charge in [0.2, 0.25) is 11.8 Å². The second-order valence-corrected chi connectivity index (χ2v) is 11.0. The van der Waals surface area contributed by atoms with E-state index in [1.54, 1.807) is 11.0 Å². The molecule has 1 N–H and O–H groups in total. The Morgan fingerprint density at radius 3 is 2.26 bits per heavy atom. The van der Waals surface area contributed by atoms with Crippen LogP contribution in [0.4, 0.5) is 5.69 Å². The maximum Gasteiger partial charge on any atom is 0.259 e.